The molecule has 1 aliphatic carbocycles. The molecule has 0 atom stereocenters. The van der Waals surface area contributed by atoms with Gasteiger partial charge in [-0.25, -0.2) is 0 Å². The maximum atomic E-state index is 12.4. The van der Waals surface area contributed by atoms with Gasteiger partial charge < -0.3 is 5.11 Å². The highest BCUT2D eigenvalue weighted by molar-refractivity contribution is 6.33. The van der Waals surface area contributed by atoms with Gasteiger partial charge in [-0.05, 0) is 18.9 Å². The maximum Gasteiger partial charge on any atom is 0.209 e. The second-order valence-corrected chi connectivity index (χ2v) is 8.76. The summed E-state index contributed by atoms with van der Waals surface area (Å²) in [5.41, 5.74) is -1.35. The van der Waals surface area contributed by atoms with Gasteiger partial charge in [0.25, 0.3) is 0 Å². The molecule has 0 fully saturated rings. The van der Waals surface area contributed by atoms with Crippen LogP contribution in [0.15, 0.2) is 36.4 Å². The molecule has 0 bridgehead atoms. The van der Waals surface area contributed by atoms with Crippen LogP contribution in [-0.2, 0) is 0 Å². The predicted molar refractivity (Wildman–Crippen MR) is 124 cm³/mol. The molecule has 3 heteroatoms. The summed E-state index contributed by atoms with van der Waals surface area (Å²) >= 11 is 0. The van der Waals surface area contributed by atoms with Crippen LogP contribution in [0.5, 0.6) is 0 Å². The standard InChI is InChI=1S/C27H40O3/c1-2-3-4-5-6-7-8-9-10-11-12-13-14-15-16-19-22-27(30)25(28)23-20-17-18-21-24(23)26(27)29/h17-22,30H,2-16H2,1H3/b22-19+. The van der Waals surface area contributed by atoms with Crippen LogP contribution in [0.4, 0.5) is 0 Å². The lowest BCUT2D eigenvalue weighted by atomic mass is 9.96. The number of allylic oxidation sites excluding steroid dienone is 1. The Morgan fingerprint density at radius 1 is 0.700 bits per heavy atom. The van der Waals surface area contributed by atoms with Gasteiger partial charge in [-0.3, -0.25) is 9.59 Å². The molecule has 1 aromatic rings. The van der Waals surface area contributed by atoms with Crippen LogP contribution >= 0.6 is 0 Å². The second kappa shape index (κ2) is 13.5. The summed E-state index contributed by atoms with van der Waals surface area (Å²) in [4.78, 5) is 24.8. The zero-order chi connectivity index (χ0) is 21.7. The van der Waals surface area contributed by atoms with Crippen molar-refractivity contribution in [3.05, 3.63) is 47.5 Å². The Morgan fingerprint density at radius 2 is 1.10 bits per heavy atom. The van der Waals surface area contributed by atoms with Gasteiger partial charge >= 0.3 is 0 Å². The number of rotatable bonds is 16. The normalized spacial score (nSPS) is 15.3. The number of hydrogen-bond donors (Lipinski definition) is 1. The van der Waals surface area contributed by atoms with E-state index in [4.69, 9.17) is 0 Å². The fraction of sp³-hybridized carbons (Fsp3) is 0.630. The molecule has 30 heavy (non-hydrogen) atoms. The number of unbranched alkanes of at least 4 members (excludes halogenated alkanes) is 14. The molecule has 3 nitrogen and oxygen atoms in total. The Bertz CT molecular complexity index is 654. The van der Waals surface area contributed by atoms with E-state index in [9.17, 15) is 14.7 Å². The Morgan fingerprint density at radius 3 is 1.53 bits per heavy atom. The number of Topliss-reactive ketones (excluding diaryl/α,β-unsaturated/α-hetero) is 2. The lowest BCUT2D eigenvalue weighted by molar-refractivity contribution is 0.0484. The molecule has 1 aromatic carbocycles. The SMILES string of the molecule is CCCCCCCCCCCCCCCC/C=C/C1(O)C(=O)c2ccccc2C1=O. The fourth-order valence-corrected chi connectivity index (χ4v) is 4.25. The van der Waals surface area contributed by atoms with Crippen molar-refractivity contribution in [2.24, 2.45) is 0 Å². The number of benzene rings is 1. The molecular formula is C27H40O3. The number of hydrogen-bond acceptors (Lipinski definition) is 3. The van der Waals surface area contributed by atoms with Crippen molar-refractivity contribution in [1.29, 1.82) is 0 Å². The topological polar surface area (TPSA) is 54.4 Å². The van der Waals surface area contributed by atoms with Crippen molar-refractivity contribution in [3.8, 4) is 0 Å². The number of carbonyl (C=O) groups is 2. The summed E-state index contributed by atoms with van der Waals surface area (Å²) in [7, 11) is 0. The van der Waals surface area contributed by atoms with E-state index in [1.165, 1.54) is 83.1 Å². The van der Waals surface area contributed by atoms with E-state index in [1.807, 2.05) is 0 Å². The highest BCUT2D eigenvalue weighted by atomic mass is 16.3. The molecule has 0 radical (unpaired) electrons. The first-order valence-corrected chi connectivity index (χ1v) is 12.2. The number of fused-ring (bicyclic) bond motifs is 1. The van der Waals surface area contributed by atoms with Crippen molar-refractivity contribution in [1.82, 2.24) is 0 Å². The Hall–Kier alpha value is -1.74. The van der Waals surface area contributed by atoms with Gasteiger partial charge in [0.15, 0.2) is 0 Å². The van der Waals surface area contributed by atoms with Crippen molar-refractivity contribution in [2.75, 3.05) is 0 Å². The Labute approximate surface area is 183 Å². The van der Waals surface area contributed by atoms with Gasteiger partial charge in [-0.2, -0.15) is 0 Å². The van der Waals surface area contributed by atoms with Gasteiger partial charge in [0.2, 0.25) is 17.2 Å². The van der Waals surface area contributed by atoms with Gasteiger partial charge in [0.1, 0.15) is 0 Å². The monoisotopic (exact) mass is 412 g/mol. The zero-order valence-corrected chi connectivity index (χ0v) is 18.8. The maximum absolute atomic E-state index is 12.4. The average molecular weight is 413 g/mol. The van der Waals surface area contributed by atoms with Crippen LogP contribution in [-0.4, -0.2) is 22.3 Å². The van der Waals surface area contributed by atoms with Crippen molar-refractivity contribution in [3.63, 3.8) is 0 Å². The molecule has 0 heterocycles. The zero-order valence-electron chi connectivity index (χ0n) is 18.8. The van der Waals surface area contributed by atoms with E-state index in [1.54, 1.807) is 30.3 Å². The molecule has 0 amide bonds. The van der Waals surface area contributed by atoms with E-state index >= 15 is 0 Å². The molecule has 0 aromatic heterocycles. The van der Waals surface area contributed by atoms with Crippen molar-refractivity contribution >= 4 is 11.6 Å². The van der Waals surface area contributed by atoms with Crippen LogP contribution < -0.4 is 0 Å². The third-order valence-electron chi connectivity index (χ3n) is 6.19. The molecule has 0 saturated heterocycles. The first-order valence-electron chi connectivity index (χ1n) is 12.2. The van der Waals surface area contributed by atoms with Gasteiger partial charge in [-0.1, -0.05) is 121 Å². The lowest BCUT2D eigenvalue weighted by Crippen LogP contribution is -2.38. The van der Waals surface area contributed by atoms with Crippen molar-refractivity contribution < 1.29 is 14.7 Å². The molecule has 0 saturated carbocycles. The predicted octanol–water partition coefficient (Wildman–Crippen LogP) is 7.22. The molecular weight excluding hydrogens is 372 g/mol. The first kappa shape index (κ1) is 24.5. The number of aliphatic hydroxyl groups is 1. The summed E-state index contributed by atoms with van der Waals surface area (Å²) < 4.78 is 0. The minimum Gasteiger partial charge on any atom is -0.371 e. The largest absolute Gasteiger partial charge is 0.371 e. The molecule has 0 spiro atoms. The van der Waals surface area contributed by atoms with E-state index in [0.717, 1.165) is 19.3 Å². The molecule has 2 rings (SSSR count). The van der Waals surface area contributed by atoms with Gasteiger partial charge in [-0.15, -0.1) is 0 Å². The number of carbonyl (C=O) groups excluding carboxylic acids is 2. The Balaban J connectivity index is 1.48. The lowest BCUT2D eigenvalue weighted by Gasteiger charge is -2.13. The quantitative estimate of drug-likeness (QED) is 0.177. The van der Waals surface area contributed by atoms with E-state index in [0.29, 0.717) is 11.1 Å². The van der Waals surface area contributed by atoms with Gasteiger partial charge in [0, 0.05) is 11.1 Å². The molecule has 0 unspecified atom stereocenters. The molecule has 1 aliphatic rings. The van der Waals surface area contributed by atoms with Crippen LogP contribution in [0, 0.1) is 0 Å². The van der Waals surface area contributed by atoms with E-state index in [-0.39, 0.29) is 0 Å². The second-order valence-electron chi connectivity index (χ2n) is 8.76. The van der Waals surface area contributed by atoms with Crippen LogP contribution in [0.3, 0.4) is 0 Å². The van der Waals surface area contributed by atoms with E-state index in [2.05, 4.69) is 6.92 Å². The van der Waals surface area contributed by atoms with E-state index < -0.39 is 17.2 Å². The third-order valence-corrected chi connectivity index (χ3v) is 6.19. The molecule has 1 N–H and O–H groups in total. The molecule has 0 aliphatic heterocycles. The van der Waals surface area contributed by atoms with Crippen LogP contribution in [0.2, 0.25) is 0 Å². The summed E-state index contributed by atoms with van der Waals surface area (Å²) in [6.07, 6.45) is 22.5. The van der Waals surface area contributed by atoms with Gasteiger partial charge in [0.05, 0.1) is 0 Å². The highest BCUT2D eigenvalue weighted by Crippen LogP contribution is 2.31. The summed E-state index contributed by atoms with van der Waals surface area (Å²) in [6.45, 7) is 2.26. The fourth-order valence-electron chi connectivity index (χ4n) is 4.25. The number of ketones is 2. The minimum absolute atomic E-state index is 0.325. The summed E-state index contributed by atoms with van der Waals surface area (Å²) in [5.74, 6) is -0.999. The molecule has 166 valence electrons. The Kier molecular flexibility index (Phi) is 11.1. The summed E-state index contributed by atoms with van der Waals surface area (Å²) in [6, 6.07) is 6.65. The van der Waals surface area contributed by atoms with Crippen LogP contribution in [0.25, 0.3) is 0 Å². The minimum atomic E-state index is -2.00. The first-order chi connectivity index (χ1) is 14.6. The highest BCUT2D eigenvalue weighted by Gasteiger charge is 2.49. The third kappa shape index (κ3) is 7.19. The summed E-state index contributed by atoms with van der Waals surface area (Å²) in [5, 5.41) is 10.6. The van der Waals surface area contributed by atoms with Crippen LogP contribution in [0.1, 0.15) is 124 Å². The van der Waals surface area contributed by atoms with Crippen molar-refractivity contribution in [2.45, 2.75) is 109 Å². The average Bonchev–Trinajstić information content (AvgIpc) is 2.95. The smallest absolute Gasteiger partial charge is 0.209 e.